The van der Waals surface area contributed by atoms with Crippen molar-refractivity contribution in [3.05, 3.63) is 45.1 Å². The molecule has 0 aliphatic heterocycles. The number of hydrogen-bond donors (Lipinski definition) is 1. The van der Waals surface area contributed by atoms with E-state index >= 15 is 0 Å². The van der Waals surface area contributed by atoms with Crippen molar-refractivity contribution in [1.82, 2.24) is 5.32 Å². The van der Waals surface area contributed by atoms with Gasteiger partial charge in [0.25, 0.3) is 5.91 Å². The third kappa shape index (κ3) is 3.34. The SMILES string of the molecule is COc1ccc(C(=O)NCc2csc3c2CCCC3)cc1OC. The molecule has 1 amide bonds. The molecule has 3 rings (SSSR count). The summed E-state index contributed by atoms with van der Waals surface area (Å²) in [5.74, 6) is 1.09. The fourth-order valence-corrected chi connectivity index (χ4v) is 4.11. The Kier molecular flexibility index (Phi) is 4.86. The van der Waals surface area contributed by atoms with Crippen molar-refractivity contribution in [3.8, 4) is 11.5 Å². The zero-order valence-corrected chi connectivity index (χ0v) is 14.3. The second-order valence-electron chi connectivity index (χ2n) is 5.62. The van der Waals surface area contributed by atoms with E-state index in [2.05, 4.69) is 10.7 Å². The van der Waals surface area contributed by atoms with Crippen LogP contribution in [0.4, 0.5) is 0 Å². The molecule has 4 nitrogen and oxygen atoms in total. The van der Waals surface area contributed by atoms with Gasteiger partial charge in [-0.05, 0) is 60.4 Å². The van der Waals surface area contributed by atoms with Crippen LogP contribution in [-0.4, -0.2) is 20.1 Å². The molecule has 0 atom stereocenters. The lowest BCUT2D eigenvalue weighted by Crippen LogP contribution is -2.23. The lowest BCUT2D eigenvalue weighted by atomic mass is 9.96. The van der Waals surface area contributed by atoms with Gasteiger partial charge in [0.1, 0.15) is 0 Å². The molecule has 1 aromatic heterocycles. The second-order valence-corrected chi connectivity index (χ2v) is 6.59. The van der Waals surface area contributed by atoms with E-state index in [1.54, 1.807) is 32.4 Å². The molecule has 0 bridgehead atoms. The fraction of sp³-hybridized carbons (Fsp3) is 0.389. The summed E-state index contributed by atoms with van der Waals surface area (Å²) < 4.78 is 10.4. The number of hydrogen-bond acceptors (Lipinski definition) is 4. The number of benzene rings is 1. The molecule has 5 heteroatoms. The normalized spacial score (nSPS) is 13.3. The number of methoxy groups -OCH3 is 2. The first kappa shape index (κ1) is 15.9. The van der Waals surface area contributed by atoms with Gasteiger partial charge in [0.05, 0.1) is 14.2 Å². The summed E-state index contributed by atoms with van der Waals surface area (Å²) in [6.07, 6.45) is 4.86. The Morgan fingerprint density at radius 2 is 1.96 bits per heavy atom. The van der Waals surface area contributed by atoms with Crippen LogP contribution >= 0.6 is 11.3 Å². The Balaban J connectivity index is 1.69. The van der Waals surface area contributed by atoms with Crippen molar-refractivity contribution >= 4 is 17.2 Å². The van der Waals surface area contributed by atoms with Gasteiger partial charge in [-0.15, -0.1) is 11.3 Å². The number of fused-ring (bicyclic) bond motifs is 1. The summed E-state index contributed by atoms with van der Waals surface area (Å²) in [7, 11) is 3.15. The molecule has 0 fully saturated rings. The predicted octanol–water partition coefficient (Wildman–Crippen LogP) is 3.57. The summed E-state index contributed by atoms with van der Waals surface area (Å²) >= 11 is 1.82. The Bertz CT molecular complexity index is 708. The lowest BCUT2D eigenvalue weighted by Gasteiger charge is -2.13. The van der Waals surface area contributed by atoms with E-state index in [0.29, 0.717) is 23.6 Å². The maximum Gasteiger partial charge on any atom is 0.251 e. The second kappa shape index (κ2) is 7.04. The van der Waals surface area contributed by atoms with Crippen LogP contribution in [0.3, 0.4) is 0 Å². The quantitative estimate of drug-likeness (QED) is 0.911. The average molecular weight is 331 g/mol. The summed E-state index contributed by atoms with van der Waals surface area (Å²) in [5.41, 5.74) is 3.29. The highest BCUT2D eigenvalue weighted by Gasteiger charge is 2.16. The number of nitrogens with one attached hydrogen (secondary N) is 1. The number of thiophene rings is 1. The molecule has 2 aromatic rings. The van der Waals surface area contributed by atoms with Gasteiger partial charge >= 0.3 is 0 Å². The minimum atomic E-state index is -0.0956. The largest absolute Gasteiger partial charge is 0.493 e. The van der Waals surface area contributed by atoms with E-state index in [9.17, 15) is 4.79 Å². The van der Waals surface area contributed by atoms with Gasteiger partial charge in [-0.25, -0.2) is 0 Å². The number of amides is 1. The highest BCUT2D eigenvalue weighted by molar-refractivity contribution is 7.10. The monoisotopic (exact) mass is 331 g/mol. The maximum absolute atomic E-state index is 12.4. The zero-order chi connectivity index (χ0) is 16.2. The van der Waals surface area contributed by atoms with Gasteiger partial charge in [-0.1, -0.05) is 0 Å². The first-order valence-corrected chi connectivity index (χ1v) is 8.69. The minimum Gasteiger partial charge on any atom is -0.493 e. The van der Waals surface area contributed by atoms with Crippen LogP contribution in [0.25, 0.3) is 0 Å². The molecule has 1 aliphatic rings. The molecule has 0 saturated heterocycles. The number of carbonyl (C=O) groups excluding carboxylic acids is 1. The van der Waals surface area contributed by atoms with Crippen LogP contribution in [0.5, 0.6) is 11.5 Å². The molecule has 0 unspecified atom stereocenters. The van der Waals surface area contributed by atoms with Gasteiger partial charge < -0.3 is 14.8 Å². The summed E-state index contributed by atoms with van der Waals surface area (Å²) in [6.45, 7) is 0.582. The number of aryl methyl sites for hydroxylation is 1. The highest BCUT2D eigenvalue weighted by atomic mass is 32.1. The van der Waals surface area contributed by atoms with Crippen molar-refractivity contribution in [2.75, 3.05) is 14.2 Å². The van der Waals surface area contributed by atoms with E-state index in [4.69, 9.17) is 9.47 Å². The molecular formula is C18H21NO3S. The average Bonchev–Trinajstić information content (AvgIpc) is 3.02. The van der Waals surface area contributed by atoms with Gasteiger partial charge in [0, 0.05) is 17.0 Å². The Hall–Kier alpha value is -2.01. The molecule has 0 radical (unpaired) electrons. The van der Waals surface area contributed by atoms with Crippen LogP contribution in [0, 0.1) is 0 Å². The first-order chi connectivity index (χ1) is 11.2. The molecule has 1 aromatic carbocycles. The van der Waals surface area contributed by atoms with E-state index < -0.39 is 0 Å². The van der Waals surface area contributed by atoms with Crippen LogP contribution in [-0.2, 0) is 19.4 Å². The van der Waals surface area contributed by atoms with Crippen molar-refractivity contribution in [2.24, 2.45) is 0 Å². The van der Waals surface area contributed by atoms with Crippen LogP contribution in [0.2, 0.25) is 0 Å². The van der Waals surface area contributed by atoms with E-state index in [1.807, 2.05) is 11.3 Å². The Morgan fingerprint density at radius 1 is 1.17 bits per heavy atom. The lowest BCUT2D eigenvalue weighted by molar-refractivity contribution is 0.0950. The molecule has 0 saturated carbocycles. The first-order valence-electron chi connectivity index (χ1n) is 7.81. The van der Waals surface area contributed by atoms with Crippen LogP contribution < -0.4 is 14.8 Å². The maximum atomic E-state index is 12.4. The summed E-state index contributed by atoms with van der Waals surface area (Å²) in [6, 6.07) is 5.21. The Morgan fingerprint density at radius 3 is 2.74 bits per heavy atom. The van der Waals surface area contributed by atoms with E-state index in [-0.39, 0.29) is 5.91 Å². The molecule has 23 heavy (non-hydrogen) atoms. The number of rotatable bonds is 5. The van der Waals surface area contributed by atoms with Crippen LogP contribution in [0.1, 0.15) is 39.2 Å². The van der Waals surface area contributed by atoms with Crippen LogP contribution in [0.15, 0.2) is 23.6 Å². The summed E-state index contributed by atoms with van der Waals surface area (Å²) in [4.78, 5) is 13.9. The summed E-state index contributed by atoms with van der Waals surface area (Å²) in [5, 5.41) is 5.20. The van der Waals surface area contributed by atoms with Crippen molar-refractivity contribution in [3.63, 3.8) is 0 Å². The van der Waals surface area contributed by atoms with Crippen molar-refractivity contribution in [2.45, 2.75) is 32.2 Å². The molecule has 122 valence electrons. The highest BCUT2D eigenvalue weighted by Crippen LogP contribution is 2.30. The standard InChI is InChI=1S/C18H21NO3S/c1-21-15-8-7-12(9-16(15)22-2)18(20)19-10-13-11-23-17-6-4-3-5-14(13)17/h7-9,11H,3-6,10H2,1-2H3,(H,19,20). The number of ether oxygens (including phenoxy) is 2. The van der Waals surface area contributed by atoms with Gasteiger partial charge in [-0.2, -0.15) is 0 Å². The topological polar surface area (TPSA) is 47.6 Å². The smallest absolute Gasteiger partial charge is 0.251 e. The molecule has 1 aliphatic carbocycles. The van der Waals surface area contributed by atoms with Gasteiger partial charge in [0.2, 0.25) is 0 Å². The van der Waals surface area contributed by atoms with Gasteiger partial charge in [-0.3, -0.25) is 4.79 Å². The number of carbonyl (C=O) groups is 1. The molecule has 1 heterocycles. The van der Waals surface area contributed by atoms with Crippen molar-refractivity contribution in [1.29, 1.82) is 0 Å². The van der Waals surface area contributed by atoms with Gasteiger partial charge in [0.15, 0.2) is 11.5 Å². The zero-order valence-electron chi connectivity index (χ0n) is 13.5. The third-order valence-electron chi connectivity index (χ3n) is 4.23. The predicted molar refractivity (Wildman–Crippen MR) is 91.7 cm³/mol. The molecule has 1 N–H and O–H groups in total. The third-order valence-corrected chi connectivity index (χ3v) is 5.37. The minimum absolute atomic E-state index is 0.0956. The van der Waals surface area contributed by atoms with Crippen molar-refractivity contribution < 1.29 is 14.3 Å². The fourth-order valence-electron chi connectivity index (χ4n) is 2.96. The molecule has 0 spiro atoms. The van der Waals surface area contributed by atoms with E-state index in [1.165, 1.54) is 35.3 Å². The Labute approximate surface area is 140 Å². The van der Waals surface area contributed by atoms with E-state index in [0.717, 1.165) is 6.42 Å². The molecular weight excluding hydrogens is 310 g/mol.